The van der Waals surface area contributed by atoms with Gasteiger partial charge < -0.3 is 25.6 Å². The highest BCUT2D eigenvalue weighted by Crippen LogP contribution is 2.23. The summed E-state index contributed by atoms with van der Waals surface area (Å²) in [5.41, 5.74) is 6.27. The van der Waals surface area contributed by atoms with Crippen LogP contribution in [-0.2, 0) is 4.79 Å². The highest BCUT2D eigenvalue weighted by molar-refractivity contribution is 5.83. The molecule has 0 radical (unpaired) electrons. The average molecular weight is 375 g/mol. The van der Waals surface area contributed by atoms with Gasteiger partial charge in [0.1, 0.15) is 5.75 Å². The van der Waals surface area contributed by atoms with Crippen LogP contribution in [0.15, 0.2) is 24.3 Å². The maximum Gasteiger partial charge on any atom is 0.312 e. The smallest absolute Gasteiger partial charge is 0.312 e. The van der Waals surface area contributed by atoms with Gasteiger partial charge in [0.2, 0.25) is 5.91 Å². The molecule has 2 fully saturated rings. The van der Waals surface area contributed by atoms with E-state index in [9.17, 15) is 9.59 Å². The van der Waals surface area contributed by atoms with Gasteiger partial charge in [-0.25, -0.2) is 4.79 Å². The van der Waals surface area contributed by atoms with Crippen LogP contribution in [0.3, 0.4) is 0 Å². The Hall–Kier alpha value is -2.48. The van der Waals surface area contributed by atoms with Crippen LogP contribution in [0.1, 0.15) is 12.8 Å². The first-order valence-electron chi connectivity index (χ1n) is 9.51. The zero-order valence-electron chi connectivity index (χ0n) is 15.9. The fourth-order valence-corrected chi connectivity index (χ4v) is 3.89. The second-order valence-corrected chi connectivity index (χ2v) is 7.07. The second-order valence-electron chi connectivity index (χ2n) is 7.07. The molecule has 0 unspecified atom stereocenters. The molecule has 8 nitrogen and oxygen atoms in total. The number of anilines is 1. The van der Waals surface area contributed by atoms with Gasteiger partial charge in [-0.15, -0.1) is 0 Å². The maximum atomic E-state index is 12.2. The number of hydrogen-bond acceptors (Lipinski definition) is 5. The number of benzene rings is 1. The van der Waals surface area contributed by atoms with E-state index in [0.717, 1.165) is 57.9 Å². The Labute approximate surface area is 160 Å². The van der Waals surface area contributed by atoms with Crippen molar-refractivity contribution >= 4 is 17.6 Å². The number of hydrogen-bond donors (Lipinski definition) is 2. The molecule has 0 bridgehead atoms. The maximum absolute atomic E-state index is 12.2. The number of nitrogens with two attached hydrogens (primary N) is 1. The Balaban J connectivity index is 1.49. The molecule has 0 aromatic heterocycles. The molecule has 2 saturated heterocycles. The van der Waals surface area contributed by atoms with E-state index in [1.165, 1.54) is 5.69 Å². The monoisotopic (exact) mass is 375 g/mol. The minimum atomic E-state index is -0.661. The van der Waals surface area contributed by atoms with Crippen LogP contribution in [0.4, 0.5) is 10.5 Å². The van der Waals surface area contributed by atoms with E-state index in [4.69, 9.17) is 10.5 Å². The highest BCUT2D eigenvalue weighted by Gasteiger charge is 2.30. The largest absolute Gasteiger partial charge is 0.497 e. The normalized spacial score (nSPS) is 21.0. The quantitative estimate of drug-likeness (QED) is 0.781. The Bertz CT molecular complexity index is 643. The van der Waals surface area contributed by atoms with Crippen LogP contribution in [0.25, 0.3) is 0 Å². The van der Waals surface area contributed by atoms with Gasteiger partial charge >= 0.3 is 6.03 Å². The number of amides is 3. The molecule has 3 N–H and O–H groups in total. The number of piperazine rings is 1. The number of ether oxygens (including phenoxy) is 1. The van der Waals surface area contributed by atoms with Crippen molar-refractivity contribution in [2.75, 3.05) is 57.8 Å². The molecule has 1 aromatic carbocycles. The predicted molar refractivity (Wildman–Crippen MR) is 104 cm³/mol. The summed E-state index contributed by atoms with van der Waals surface area (Å²) in [6.45, 7) is 5.37. The molecule has 148 valence electrons. The lowest BCUT2D eigenvalue weighted by atomic mass is 10.0. The lowest BCUT2D eigenvalue weighted by Crippen LogP contribution is -2.56. The Morgan fingerprint density at radius 1 is 1.15 bits per heavy atom. The summed E-state index contributed by atoms with van der Waals surface area (Å²) in [6, 6.07) is 7.90. The molecule has 2 aliphatic rings. The van der Waals surface area contributed by atoms with E-state index >= 15 is 0 Å². The Morgan fingerprint density at radius 2 is 1.85 bits per heavy atom. The number of piperidine rings is 1. The summed E-state index contributed by atoms with van der Waals surface area (Å²) in [5.74, 6) is 0.811. The van der Waals surface area contributed by atoms with Gasteiger partial charge in [-0.3, -0.25) is 9.69 Å². The molecule has 1 atom stereocenters. The van der Waals surface area contributed by atoms with Crippen molar-refractivity contribution in [1.82, 2.24) is 15.1 Å². The Morgan fingerprint density at radius 3 is 2.48 bits per heavy atom. The third-order valence-electron chi connectivity index (χ3n) is 5.43. The van der Waals surface area contributed by atoms with E-state index in [2.05, 4.69) is 27.2 Å². The van der Waals surface area contributed by atoms with Gasteiger partial charge in [0, 0.05) is 51.0 Å². The minimum absolute atomic E-state index is 0.0205. The number of urea groups is 1. The number of primary amides is 1. The SMILES string of the molecule is COc1ccc(N2CCN([C@@H]3CCCN(C(=O)CNC(N)=O)C3)CC2)cc1. The number of nitrogens with one attached hydrogen (secondary N) is 1. The summed E-state index contributed by atoms with van der Waals surface area (Å²) < 4.78 is 5.22. The zero-order valence-corrected chi connectivity index (χ0v) is 15.9. The van der Waals surface area contributed by atoms with Crippen molar-refractivity contribution < 1.29 is 14.3 Å². The van der Waals surface area contributed by atoms with Gasteiger partial charge in [0.05, 0.1) is 13.7 Å². The molecule has 1 aromatic rings. The zero-order chi connectivity index (χ0) is 19.2. The first kappa shape index (κ1) is 19.3. The van der Waals surface area contributed by atoms with Crippen molar-refractivity contribution in [2.24, 2.45) is 5.73 Å². The van der Waals surface area contributed by atoms with Crippen LogP contribution in [0.2, 0.25) is 0 Å². The summed E-state index contributed by atoms with van der Waals surface area (Å²) in [5, 5.41) is 2.39. The molecule has 8 heteroatoms. The van der Waals surface area contributed by atoms with Crippen molar-refractivity contribution in [3.63, 3.8) is 0 Å². The molecular weight excluding hydrogens is 346 g/mol. The molecule has 0 aliphatic carbocycles. The third kappa shape index (κ3) is 5.03. The van der Waals surface area contributed by atoms with Crippen molar-refractivity contribution in [3.8, 4) is 5.75 Å². The molecule has 2 heterocycles. The average Bonchev–Trinajstić information content (AvgIpc) is 2.72. The van der Waals surface area contributed by atoms with Gasteiger partial charge in [-0.2, -0.15) is 0 Å². The number of likely N-dealkylation sites (tertiary alicyclic amines) is 1. The lowest BCUT2D eigenvalue weighted by molar-refractivity contribution is -0.132. The number of nitrogens with zero attached hydrogens (tertiary/aromatic N) is 3. The Kier molecular flexibility index (Phi) is 6.39. The minimum Gasteiger partial charge on any atom is -0.497 e. The second kappa shape index (κ2) is 8.94. The lowest BCUT2D eigenvalue weighted by Gasteiger charge is -2.44. The van der Waals surface area contributed by atoms with E-state index in [1.807, 2.05) is 17.0 Å². The van der Waals surface area contributed by atoms with E-state index in [1.54, 1.807) is 7.11 Å². The summed E-state index contributed by atoms with van der Waals surface area (Å²) in [7, 11) is 1.68. The van der Waals surface area contributed by atoms with Crippen LogP contribution < -0.4 is 20.7 Å². The first-order chi connectivity index (χ1) is 13.1. The van der Waals surface area contributed by atoms with Crippen molar-refractivity contribution in [2.45, 2.75) is 18.9 Å². The van der Waals surface area contributed by atoms with Gasteiger partial charge in [0.15, 0.2) is 0 Å². The summed E-state index contributed by atoms with van der Waals surface area (Å²) >= 11 is 0. The van der Waals surface area contributed by atoms with E-state index in [-0.39, 0.29) is 12.5 Å². The molecule has 3 amide bonds. The van der Waals surface area contributed by atoms with Crippen molar-refractivity contribution in [1.29, 1.82) is 0 Å². The van der Waals surface area contributed by atoms with Crippen LogP contribution in [0.5, 0.6) is 5.75 Å². The van der Waals surface area contributed by atoms with Gasteiger partial charge in [0.25, 0.3) is 0 Å². The topological polar surface area (TPSA) is 91.1 Å². The molecule has 3 rings (SSSR count). The fourth-order valence-electron chi connectivity index (χ4n) is 3.89. The number of methoxy groups -OCH3 is 1. The van der Waals surface area contributed by atoms with E-state index in [0.29, 0.717) is 6.04 Å². The number of carbonyl (C=O) groups is 2. The number of carbonyl (C=O) groups excluding carboxylic acids is 2. The third-order valence-corrected chi connectivity index (χ3v) is 5.43. The fraction of sp³-hybridized carbons (Fsp3) is 0.579. The van der Waals surface area contributed by atoms with Gasteiger partial charge in [-0.1, -0.05) is 0 Å². The summed E-state index contributed by atoms with van der Waals surface area (Å²) in [6.07, 6.45) is 2.10. The predicted octanol–water partition coefficient (Wildman–Crippen LogP) is 0.477. The molecule has 0 saturated carbocycles. The highest BCUT2D eigenvalue weighted by atomic mass is 16.5. The van der Waals surface area contributed by atoms with Crippen LogP contribution >= 0.6 is 0 Å². The standard InChI is InChI=1S/C19H29N5O3/c1-27-17-6-4-15(5-7-17)22-9-11-23(12-10-22)16-3-2-8-24(14-16)18(25)13-21-19(20)26/h4-7,16H,2-3,8-14H2,1H3,(H3,20,21,26)/t16-/m1/s1. The van der Waals surface area contributed by atoms with Gasteiger partial charge in [-0.05, 0) is 37.1 Å². The molecule has 27 heavy (non-hydrogen) atoms. The molecule has 0 spiro atoms. The summed E-state index contributed by atoms with van der Waals surface area (Å²) in [4.78, 5) is 29.8. The first-order valence-corrected chi connectivity index (χ1v) is 9.51. The van der Waals surface area contributed by atoms with Crippen molar-refractivity contribution in [3.05, 3.63) is 24.3 Å². The van der Waals surface area contributed by atoms with Crippen LogP contribution in [-0.4, -0.2) is 80.7 Å². The number of rotatable bonds is 5. The molecule has 2 aliphatic heterocycles. The van der Waals surface area contributed by atoms with E-state index < -0.39 is 6.03 Å². The van der Waals surface area contributed by atoms with Crippen LogP contribution in [0, 0.1) is 0 Å². The molecular formula is C19H29N5O3.